The minimum Gasteiger partial charge on any atom is -0.480 e. The van der Waals surface area contributed by atoms with Crippen LogP contribution in [0.4, 0.5) is 9.59 Å². The van der Waals surface area contributed by atoms with E-state index in [1.165, 1.54) is 14.2 Å². The monoisotopic (exact) mass is 683 g/mol. The highest BCUT2D eigenvalue weighted by Gasteiger charge is 2.27. The molecule has 45 heavy (non-hydrogen) atoms. The third-order valence-corrected chi connectivity index (χ3v) is 5.86. The number of aliphatic carboxylic acids is 1. The highest BCUT2D eigenvalue weighted by Crippen LogP contribution is 2.12. The summed E-state index contributed by atoms with van der Waals surface area (Å²) in [6.45, 7) is 14.3. The highest BCUT2D eigenvalue weighted by molar-refractivity contribution is 7.59. The number of carboxylic acids is 1. The average Bonchev–Trinajstić information content (AvgIpc) is 2.88. The van der Waals surface area contributed by atoms with Crippen LogP contribution in [0.5, 0.6) is 0 Å². The van der Waals surface area contributed by atoms with Gasteiger partial charge in [0.2, 0.25) is 0 Å². The molecule has 0 radical (unpaired) electrons. The fraction of sp³-hybridized carbons (Fsp3) is 0.800. The van der Waals surface area contributed by atoms with Crippen molar-refractivity contribution in [3.63, 3.8) is 0 Å². The number of amides is 3. The van der Waals surface area contributed by atoms with E-state index in [2.05, 4.69) is 10.6 Å². The lowest BCUT2D eigenvalue weighted by molar-refractivity contribution is -0.171. The third-order valence-electron chi connectivity index (χ3n) is 5.86. The van der Waals surface area contributed by atoms with Crippen LogP contribution in [0.25, 0.3) is 0 Å². The number of nitrogens with zero attached hydrogens (tertiary/aromatic N) is 1. The summed E-state index contributed by atoms with van der Waals surface area (Å²) in [4.78, 5) is 51.6. The quantitative estimate of drug-likeness (QED) is 0.0693. The first-order valence-electron chi connectivity index (χ1n) is 14.9. The van der Waals surface area contributed by atoms with Crippen LogP contribution in [-0.4, -0.2) is 83.1 Å². The van der Waals surface area contributed by atoms with E-state index in [-0.39, 0.29) is 32.9 Å². The van der Waals surface area contributed by atoms with Crippen molar-refractivity contribution in [3.05, 3.63) is 0 Å². The van der Waals surface area contributed by atoms with E-state index in [0.29, 0.717) is 43.5 Å². The van der Waals surface area contributed by atoms with E-state index in [9.17, 15) is 19.2 Å². The fourth-order valence-electron chi connectivity index (χ4n) is 3.45. The number of hydroxylamine groups is 2. The van der Waals surface area contributed by atoms with E-state index in [4.69, 9.17) is 30.2 Å². The zero-order valence-corrected chi connectivity index (χ0v) is 31.0. The van der Waals surface area contributed by atoms with E-state index in [1.54, 1.807) is 41.5 Å². The Morgan fingerprint density at radius 1 is 0.733 bits per heavy atom. The average molecular weight is 684 g/mol. The number of carbonyl (C=O) groups excluding carboxylic acids is 3. The second-order valence-electron chi connectivity index (χ2n) is 12.2. The second-order valence-corrected chi connectivity index (χ2v) is 12.2. The molecule has 0 aromatic rings. The normalized spacial score (nSPS) is 12.0. The molecule has 0 fully saturated rings. The third kappa shape index (κ3) is 28.7. The molecule has 0 spiro atoms. The van der Waals surface area contributed by atoms with Crippen LogP contribution in [0.3, 0.4) is 0 Å². The van der Waals surface area contributed by atoms with Gasteiger partial charge in [-0.1, -0.05) is 26.7 Å². The largest absolute Gasteiger partial charge is 0.480 e. The molecule has 15 heteroatoms. The van der Waals surface area contributed by atoms with Gasteiger partial charge in [-0.25, -0.2) is 19.4 Å². The standard InChI is InChI=1S/C16H31N3O4.C14H26N2O4.2H2S/c1-7-12(17)10-8-9-11-13(14(20)19(5)22-6)18-15(21)23-16(2,3)4;1-5-10(15)8-6-7-9-11(12(17)18)16-13(19)20-14(2,3)4;;/h13,17H,7-11H2,1-6H3,(H,18,21);11,15H,5-9H2,1-4H3,(H,16,19)(H,17,18);2*1H2/t13-;11-;;/m00../s1. The molecule has 5 N–H and O–H groups in total. The molecule has 0 aliphatic rings. The van der Waals surface area contributed by atoms with Gasteiger partial charge < -0.3 is 36.0 Å². The number of rotatable bonds is 17. The summed E-state index contributed by atoms with van der Waals surface area (Å²) in [7, 11) is 2.89. The van der Waals surface area contributed by atoms with Crippen molar-refractivity contribution in [2.75, 3.05) is 14.2 Å². The number of hydrogen-bond donors (Lipinski definition) is 5. The van der Waals surface area contributed by atoms with E-state index in [0.717, 1.165) is 37.2 Å². The van der Waals surface area contributed by atoms with Gasteiger partial charge in [-0.3, -0.25) is 9.63 Å². The molecule has 0 bridgehead atoms. The number of unbranched alkanes of at least 4 members (excludes halogenated alkanes) is 2. The number of nitrogens with one attached hydrogen (secondary N) is 4. The summed E-state index contributed by atoms with van der Waals surface area (Å²) < 4.78 is 10.2. The maximum atomic E-state index is 12.2. The summed E-state index contributed by atoms with van der Waals surface area (Å²) >= 11 is 0. The lowest BCUT2D eigenvalue weighted by Gasteiger charge is -2.25. The smallest absolute Gasteiger partial charge is 0.408 e. The molecule has 0 heterocycles. The first-order valence-corrected chi connectivity index (χ1v) is 14.9. The predicted octanol–water partition coefficient (Wildman–Crippen LogP) is 6.07. The van der Waals surface area contributed by atoms with Crippen molar-refractivity contribution in [2.45, 2.75) is 143 Å². The van der Waals surface area contributed by atoms with Gasteiger partial charge in [0.1, 0.15) is 23.3 Å². The number of carbonyl (C=O) groups is 4. The SMILES string of the molecule is CCC(=N)CCCC[C@H](NC(=O)OC(C)(C)C)C(=O)N(C)OC.CCC(=N)CCCC[C@H](NC(=O)OC(C)(C)C)C(=O)O.S.S. The maximum Gasteiger partial charge on any atom is 0.408 e. The summed E-state index contributed by atoms with van der Waals surface area (Å²) in [6, 6.07) is -1.65. The molecule has 266 valence electrons. The molecular weight excluding hydrogens is 622 g/mol. The number of ether oxygens (including phenoxy) is 2. The van der Waals surface area contributed by atoms with Crippen molar-refractivity contribution >= 4 is 62.5 Å². The summed E-state index contributed by atoms with van der Waals surface area (Å²) in [5.74, 6) is -1.40. The Morgan fingerprint density at radius 2 is 1.09 bits per heavy atom. The lowest BCUT2D eigenvalue weighted by atomic mass is 10.0. The Labute approximate surface area is 284 Å². The molecule has 2 atom stereocenters. The summed E-state index contributed by atoms with van der Waals surface area (Å²) in [5, 5.41) is 30.3. The van der Waals surface area contributed by atoms with Gasteiger partial charge in [0, 0.05) is 18.5 Å². The minimum atomic E-state index is -1.07. The van der Waals surface area contributed by atoms with Gasteiger partial charge in [0.05, 0.1) is 7.11 Å². The van der Waals surface area contributed by atoms with Crippen molar-refractivity contribution in [1.29, 1.82) is 10.8 Å². The number of alkyl carbamates (subject to hydrolysis) is 2. The van der Waals surface area contributed by atoms with Crippen molar-refractivity contribution in [3.8, 4) is 0 Å². The molecule has 0 aliphatic heterocycles. The maximum absolute atomic E-state index is 12.2. The molecule has 0 aliphatic carbocycles. The van der Waals surface area contributed by atoms with E-state index >= 15 is 0 Å². The van der Waals surface area contributed by atoms with Crippen LogP contribution in [0.1, 0.15) is 120 Å². The summed E-state index contributed by atoms with van der Waals surface area (Å²) in [5.41, 5.74) is 0.0867. The van der Waals surface area contributed by atoms with Crippen LogP contribution in [-0.2, 0) is 23.9 Å². The fourth-order valence-corrected chi connectivity index (χ4v) is 3.45. The Morgan fingerprint density at radius 3 is 1.40 bits per heavy atom. The zero-order valence-electron chi connectivity index (χ0n) is 29.0. The Hall–Kier alpha value is -2.52. The number of hydrogen-bond acceptors (Lipinski definition) is 9. The van der Waals surface area contributed by atoms with E-state index in [1.807, 2.05) is 13.8 Å². The van der Waals surface area contributed by atoms with Crippen molar-refractivity contribution in [1.82, 2.24) is 15.7 Å². The first-order chi connectivity index (χ1) is 19.8. The van der Waals surface area contributed by atoms with Gasteiger partial charge in [0.25, 0.3) is 5.91 Å². The molecular formula is C30H61N5O8S2. The Kier molecular flexibility index (Phi) is 28.1. The number of likely N-dealkylation sites (N-methyl/N-ethyl adjacent to an activating group) is 1. The van der Waals surface area contributed by atoms with Gasteiger partial charge in [-0.2, -0.15) is 27.0 Å². The highest BCUT2D eigenvalue weighted by atomic mass is 32.1. The van der Waals surface area contributed by atoms with Gasteiger partial charge >= 0.3 is 18.2 Å². The van der Waals surface area contributed by atoms with Crippen LogP contribution in [0.2, 0.25) is 0 Å². The zero-order chi connectivity index (χ0) is 33.8. The Balaban J connectivity index is -0.000000361. The topological polar surface area (TPSA) is 191 Å². The van der Waals surface area contributed by atoms with Crippen LogP contribution >= 0.6 is 27.0 Å². The molecule has 0 saturated heterocycles. The first kappa shape index (κ1) is 49.4. The predicted molar refractivity (Wildman–Crippen MR) is 187 cm³/mol. The molecule has 3 amide bonds. The molecule has 0 unspecified atom stereocenters. The molecule has 0 aromatic carbocycles. The molecule has 0 aromatic heterocycles. The van der Waals surface area contributed by atoms with Crippen LogP contribution in [0, 0.1) is 10.8 Å². The Bertz CT molecular complexity index is 908. The number of carboxylic acid groups (broad SMARTS) is 1. The lowest BCUT2D eigenvalue weighted by Crippen LogP contribution is -2.48. The van der Waals surface area contributed by atoms with Gasteiger partial charge in [0.15, 0.2) is 0 Å². The second kappa shape index (κ2) is 25.6. The molecule has 13 nitrogen and oxygen atoms in total. The van der Waals surface area contributed by atoms with Crippen molar-refractivity contribution in [2.24, 2.45) is 0 Å². The van der Waals surface area contributed by atoms with Crippen LogP contribution in [0.15, 0.2) is 0 Å². The van der Waals surface area contributed by atoms with Crippen LogP contribution < -0.4 is 10.6 Å². The summed E-state index contributed by atoms with van der Waals surface area (Å²) in [6.07, 6.45) is 5.27. The van der Waals surface area contributed by atoms with E-state index < -0.39 is 41.4 Å². The minimum absolute atomic E-state index is 0. The van der Waals surface area contributed by atoms with Gasteiger partial charge in [-0.15, -0.1) is 0 Å². The van der Waals surface area contributed by atoms with Crippen molar-refractivity contribution < 1.29 is 38.6 Å². The van der Waals surface area contributed by atoms with Gasteiger partial charge in [-0.05, 0) is 92.9 Å². The molecule has 0 saturated carbocycles. The molecule has 0 rings (SSSR count).